The van der Waals surface area contributed by atoms with E-state index in [0.29, 0.717) is 5.82 Å². The Bertz CT molecular complexity index is 441. The summed E-state index contributed by atoms with van der Waals surface area (Å²) in [4.78, 5) is 9.98. The molecule has 2 aromatic rings. The van der Waals surface area contributed by atoms with Gasteiger partial charge in [0.1, 0.15) is 6.61 Å². The third-order valence-corrected chi connectivity index (χ3v) is 1.90. The second-order valence-corrected chi connectivity index (χ2v) is 2.78. The number of nitrogens with one attached hydrogen (secondary N) is 1. The number of hydrogen-bond donors (Lipinski definition) is 1. The molecule has 0 saturated carbocycles. The van der Waals surface area contributed by atoms with E-state index in [-0.39, 0.29) is 6.61 Å². The van der Waals surface area contributed by atoms with E-state index >= 15 is 0 Å². The van der Waals surface area contributed by atoms with E-state index < -0.39 is 0 Å². The van der Waals surface area contributed by atoms with Gasteiger partial charge in [-0.2, -0.15) is 0 Å². The minimum atomic E-state index is 0.153. The molecule has 0 saturated heterocycles. The highest BCUT2D eigenvalue weighted by Gasteiger charge is 2.07. The van der Waals surface area contributed by atoms with Gasteiger partial charge in [-0.1, -0.05) is 24.3 Å². The van der Waals surface area contributed by atoms with Crippen LogP contribution in [0.15, 0.2) is 24.3 Å². The van der Waals surface area contributed by atoms with Crippen LogP contribution in [0.2, 0.25) is 0 Å². The summed E-state index contributed by atoms with van der Waals surface area (Å²) in [6, 6.07) is 7.36. The van der Waals surface area contributed by atoms with E-state index in [4.69, 9.17) is 0 Å². The normalized spacial score (nSPS) is 9.87. The molecular weight excluding hydrogens is 196 g/mol. The largest absolute Gasteiger partial charge is 0.452 e. The monoisotopic (exact) mass is 203 g/mol. The number of hydrogen-bond acceptors (Lipinski definition) is 5. The van der Waals surface area contributed by atoms with E-state index in [0.717, 1.165) is 11.1 Å². The fourth-order valence-corrected chi connectivity index (χ4v) is 1.26. The summed E-state index contributed by atoms with van der Waals surface area (Å²) in [5, 5.41) is 13.4. The van der Waals surface area contributed by atoms with Gasteiger partial charge in [-0.3, -0.25) is 0 Å². The van der Waals surface area contributed by atoms with Gasteiger partial charge in [-0.05, 0) is 10.4 Å². The molecule has 0 unspecified atom stereocenters. The maximum absolute atomic E-state index is 9.98. The van der Waals surface area contributed by atoms with Crippen LogP contribution in [-0.4, -0.2) is 27.1 Å². The summed E-state index contributed by atoms with van der Waals surface area (Å²) in [6.45, 7) is 1.53. The Morgan fingerprint density at radius 3 is 3.00 bits per heavy atom. The smallest absolute Gasteiger partial charge is 0.417 e. The highest BCUT2D eigenvalue weighted by Crippen LogP contribution is 2.19. The van der Waals surface area contributed by atoms with E-state index in [2.05, 4.69) is 25.4 Å². The number of carbonyl (C=O) groups excluding carboxylic acids is 1. The Kier molecular flexibility index (Phi) is 2.68. The number of ether oxygens (including phenoxy) is 1. The van der Waals surface area contributed by atoms with E-state index in [1.165, 1.54) is 6.47 Å². The number of tetrazole rings is 1. The lowest BCUT2D eigenvalue weighted by atomic mass is 10.1. The van der Waals surface area contributed by atoms with Crippen molar-refractivity contribution in [3.05, 3.63) is 29.8 Å². The van der Waals surface area contributed by atoms with Crippen LogP contribution in [0.5, 0.6) is 0 Å². The Balaban J connectivity index is 2.34. The molecule has 1 N–H and O–H groups in total. The minimum absolute atomic E-state index is 0.153. The van der Waals surface area contributed by atoms with Crippen molar-refractivity contribution in [1.29, 1.82) is 0 Å². The van der Waals surface area contributed by atoms with Crippen molar-refractivity contribution in [2.24, 2.45) is 0 Å². The van der Waals surface area contributed by atoms with Crippen molar-refractivity contribution in [3.63, 3.8) is 0 Å². The first-order valence-corrected chi connectivity index (χ1v) is 4.23. The lowest BCUT2D eigenvalue weighted by Crippen LogP contribution is -1.94. The van der Waals surface area contributed by atoms with Crippen LogP contribution in [0, 0.1) is 0 Å². The van der Waals surface area contributed by atoms with Crippen molar-refractivity contribution >= 4 is 6.47 Å². The van der Waals surface area contributed by atoms with Gasteiger partial charge in [0.2, 0.25) is 0 Å². The summed E-state index contributed by atoms with van der Waals surface area (Å²) in [6.07, 6.45) is 0. The molecule has 15 heavy (non-hydrogen) atoms. The molecule has 0 bridgehead atoms. The van der Waals surface area contributed by atoms with Crippen LogP contribution < -0.4 is 0 Å². The van der Waals surface area contributed by atoms with Crippen LogP contribution in [-0.2, 0) is 16.1 Å². The number of H-pyrrole nitrogens is 1. The van der Waals surface area contributed by atoms with Crippen molar-refractivity contribution in [3.8, 4) is 11.4 Å². The Morgan fingerprint density at radius 1 is 1.40 bits per heavy atom. The molecule has 0 fully saturated rings. The topological polar surface area (TPSA) is 80.8 Å². The van der Waals surface area contributed by atoms with Crippen molar-refractivity contribution < 1.29 is 9.53 Å². The molecule has 0 amide bonds. The molecule has 0 spiro atoms. The van der Waals surface area contributed by atoms with Gasteiger partial charge in [-0.15, -0.1) is 5.10 Å². The summed E-state index contributed by atoms with van der Waals surface area (Å²) < 4.78 is 4.57. The molecule has 75 valence electrons. The Labute approximate surface area is 85.3 Å². The van der Waals surface area contributed by atoms with Crippen LogP contribution in [0.25, 0.3) is 11.4 Å². The van der Waals surface area contributed by atoms with Gasteiger partial charge in [-0.25, -0.2) is 9.89 Å². The van der Waals surface area contributed by atoms with Crippen molar-refractivity contribution in [2.75, 3.05) is 0 Å². The molecule has 0 aliphatic rings. The summed E-state index contributed by atoms with van der Waals surface area (Å²) in [5.74, 6) is 0.542. The zero-order valence-electron chi connectivity index (χ0n) is 7.67. The van der Waals surface area contributed by atoms with Crippen LogP contribution in [0.4, 0.5) is 0 Å². The third-order valence-electron chi connectivity index (χ3n) is 1.90. The van der Waals surface area contributed by atoms with Gasteiger partial charge in [0.05, 0.1) is 0 Å². The van der Waals surface area contributed by atoms with Crippen LogP contribution in [0.1, 0.15) is 5.56 Å². The quantitative estimate of drug-likeness (QED) is 0.780. The van der Waals surface area contributed by atoms with Crippen molar-refractivity contribution in [1.82, 2.24) is 20.6 Å². The minimum Gasteiger partial charge on any atom is -0.452 e. The first kappa shape index (κ1) is 9.32. The Morgan fingerprint density at radius 2 is 2.27 bits per heavy atom. The van der Waals surface area contributed by atoms with Crippen LogP contribution in [0.3, 0.4) is 0 Å². The Hall–Kier alpha value is -2.24. The van der Waals surface area contributed by atoms with Gasteiger partial charge >= 0.3 is 6.47 Å². The van der Waals surface area contributed by atoms with Crippen molar-refractivity contribution in [2.45, 2.75) is 6.61 Å². The third kappa shape index (κ3) is 1.98. The average molecular weight is 203 g/mol. The standard InChI is InChI=1S/C9H7N4O2/c14-6-15-5-7-3-1-2-4-8(7)9-10-12-13-11-9/h1-4H,5H2,(H,10,11,12,13). The highest BCUT2D eigenvalue weighted by molar-refractivity contribution is 5.59. The number of aromatic nitrogens is 4. The van der Waals surface area contributed by atoms with Gasteiger partial charge < -0.3 is 4.74 Å². The maximum atomic E-state index is 9.98. The first-order chi connectivity index (χ1) is 7.42. The molecule has 0 atom stereocenters. The van der Waals surface area contributed by atoms with Gasteiger partial charge in [0.15, 0.2) is 5.82 Å². The summed E-state index contributed by atoms with van der Waals surface area (Å²) >= 11 is 0. The lowest BCUT2D eigenvalue weighted by molar-refractivity contribution is 0.267. The molecule has 1 heterocycles. The summed E-state index contributed by atoms with van der Waals surface area (Å²) in [5.41, 5.74) is 1.62. The lowest BCUT2D eigenvalue weighted by Gasteiger charge is -2.03. The average Bonchev–Trinajstić information content (AvgIpc) is 2.80. The molecule has 0 aliphatic carbocycles. The molecule has 0 aliphatic heterocycles. The predicted molar refractivity (Wildman–Crippen MR) is 50.1 cm³/mol. The van der Waals surface area contributed by atoms with E-state index in [9.17, 15) is 4.79 Å². The van der Waals surface area contributed by atoms with Gasteiger partial charge in [0, 0.05) is 11.1 Å². The SMILES string of the molecule is O=[C]OCc1ccccc1-c1nnn[nH]1. The van der Waals surface area contributed by atoms with Crippen LogP contribution >= 0.6 is 0 Å². The number of nitrogens with zero attached hydrogens (tertiary/aromatic N) is 3. The van der Waals surface area contributed by atoms with Gasteiger partial charge in [0.25, 0.3) is 0 Å². The zero-order valence-corrected chi connectivity index (χ0v) is 7.67. The molecule has 6 heteroatoms. The molecule has 2 rings (SSSR count). The second-order valence-electron chi connectivity index (χ2n) is 2.78. The molecule has 1 aromatic heterocycles. The second kappa shape index (κ2) is 4.32. The fourth-order valence-electron chi connectivity index (χ4n) is 1.26. The maximum Gasteiger partial charge on any atom is 0.417 e. The van der Waals surface area contributed by atoms with E-state index in [1.807, 2.05) is 24.3 Å². The molecule has 6 nitrogen and oxygen atoms in total. The molecule has 1 aromatic carbocycles. The van der Waals surface area contributed by atoms with E-state index in [1.54, 1.807) is 0 Å². The number of benzene rings is 1. The fraction of sp³-hybridized carbons (Fsp3) is 0.111. The molecule has 1 radical (unpaired) electrons. The highest BCUT2D eigenvalue weighted by atomic mass is 16.5. The predicted octanol–water partition coefficient (Wildman–Crippen LogP) is 0.450. The molecular formula is C9H7N4O2. The summed E-state index contributed by atoms with van der Waals surface area (Å²) in [7, 11) is 0. The zero-order chi connectivity index (χ0) is 10.5. The number of rotatable bonds is 4. The number of aromatic amines is 1. The first-order valence-electron chi connectivity index (χ1n) is 4.23.